The van der Waals surface area contributed by atoms with Gasteiger partial charge in [0.05, 0.1) is 28.2 Å². The van der Waals surface area contributed by atoms with Crippen molar-refractivity contribution in [2.24, 2.45) is 0 Å². The van der Waals surface area contributed by atoms with Crippen LogP contribution in [0.25, 0.3) is 22.4 Å². The molecule has 12 heteroatoms. The van der Waals surface area contributed by atoms with Gasteiger partial charge in [-0.05, 0) is 80.3 Å². The van der Waals surface area contributed by atoms with Crippen LogP contribution in [0, 0.1) is 0 Å². The molecular formula is C26H30ClN3O6S2. The molecule has 2 aliphatic rings. The molecule has 1 N–H and O–H groups in total. The summed E-state index contributed by atoms with van der Waals surface area (Å²) in [6, 6.07) is 8.71. The van der Waals surface area contributed by atoms with E-state index in [1.807, 2.05) is 6.07 Å². The Morgan fingerprint density at radius 1 is 1.21 bits per heavy atom. The fourth-order valence-electron chi connectivity index (χ4n) is 5.15. The van der Waals surface area contributed by atoms with Gasteiger partial charge in [-0.1, -0.05) is 11.6 Å². The first-order chi connectivity index (χ1) is 18.0. The van der Waals surface area contributed by atoms with Crippen molar-refractivity contribution in [2.45, 2.75) is 49.7 Å². The summed E-state index contributed by atoms with van der Waals surface area (Å²) in [7, 11) is -5.31. The van der Waals surface area contributed by atoms with Gasteiger partial charge in [-0.3, -0.25) is 9.10 Å². The van der Waals surface area contributed by atoms with Crippen molar-refractivity contribution in [3.8, 4) is 11.3 Å². The summed E-state index contributed by atoms with van der Waals surface area (Å²) >= 11 is 6.05. The molecule has 0 unspecified atom stereocenters. The number of aromatic nitrogens is 1. The molecule has 204 valence electrons. The SMILES string of the molecule is CNC(=O)c1c(-c2ccc(Cl)cc2)oc2nc(N(CCC[C@@H]3CCCS3(=O)=O)S(C)(=O)=O)c(C3CC3)cc12. The third-order valence-electron chi connectivity index (χ3n) is 7.26. The number of amides is 1. The van der Waals surface area contributed by atoms with Crippen molar-refractivity contribution >= 4 is 54.3 Å². The Morgan fingerprint density at radius 2 is 1.92 bits per heavy atom. The molecule has 1 aliphatic carbocycles. The number of sulfone groups is 1. The van der Waals surface area contributed by atoms with Crippen LogP contribution in [-0.4, -0.2) is 58.6 Å². The predicted octanol–water partition coefficient (Wildman–Crippen LogP) is 4.51. The minimum atomic E-state index is -3.73. The van der Waals surface area contributed by atoms with Gasteiger partial charge in [0.1, 0.15) is 11.6 Å². The Hall–Kier alpha value is -2.63. The molecule has 2 fully saturated rings. The van der Waals surface area contributed by atoms with E-state index in [0.717, 1.165) is 24.7 Å². The number of carbonyl (C=O) groups is 1. The van der Waals surface area contributed by atoms with Crippen LogP contribution >= 0.6 is 11.6 Å². The van der Waals surface area contributed by atoms with Crippen LogP contribution in [0.5, 0.6) is 0 Å². The first kappa shape index (κ1) is 27.0. The molecule has 1 saturated heterocycles. The summed E-state index contributed by atoms with van der Waals surface area (Å²) < 4.78 is 57.8. The number of nitrogens with one attached hydrogen (secondary N) is 1. The summed E-state index contributed by atoms with van der Waals surface area (Å²) in [4.78, 5) is 17.6. The lowest BCUT2D eigenvalue weighted by Gasteiger charge is -2.24. The van der Waals surface area contributed by atoms with E-state index < -0.39 is 25.1 Å². The standard InChI is InChI=1S/C26H30ClN3O6S2/c1-28-25(31)22-21-15-20(16-7-8-16)24(29-26(21)36-23(22)17-9-11-18(27)12-10-17)30(37(2,32)33)13-3-5-19-6-4-14-38(19,34)35/h9-12,15-16,19H,3-8,13-14H2,1-2H3,(H,28,31)/t19-/m1/s1. The number of halogens is 1. The molecule has 1 aliphatic heterocycles. The molecule has 2 aromatic heterocycles. The quantitative estimate of drug-likeness (QED) is 0.395. The molecule has 1 amide bonds. The van der Waals surface area contributed by atoms with Gasteiger partial charge >= 0.3 is 0 Å². The van der Waals surface area contributed by atoms with Gasteiger partial charge in [-0.25, -0.2) is 16.8 Å². The molecule has 0 radical (unpaired) electrons. The van der Waals surface area contributed by atoms with Gasteiger partial charge < -0.3 is 9.73 Å². The summed E-state index contributed by atoms with van der Waals surface area (Å²) in [5.41, 5.74) is 1.85. The lowest BCUT2D eigenvalue weighted by Crippen LogP contribution is -2.33. The highest BCUT2D eigenvalue weighted by Crippen LogP contribution is 2.47. The van der Waals surface area contributed by atoms with Crippen molar-refractivity contribution in [3.63, 3.8) is 0 Å². The number of carbonyl (C=O) groups excluding carboxylic acids is 1. The van der Waals surface area contributed by atoms with E-state index in [2.05, 4.69) is 10.3 Å². The third-order valence-corrected chi connectivity index (χ3v) is 11.0. The Labute approximate surface area is 227 Å². The normalized spacial score (nSPS) is 19.1. The molecule has 5 rings (SSSR count). The molecule has 1 atom stereocenters. The van der Waals surface area contributed by atoms with Crippen LogP contribution in [0.3, 0.4) is 0 Å². The van der Waals surface area contributed by atoms with Gasteiger partial charge in [-0.2, -0.15) is 4.98 Å². The number of fused-ring (bicyclic) bond motifs is 1. The smallest absolute Gasteiger partial charge is 0.255 e. The number of furan rings is 1. The van der Waals surface area contributed by atoms with Gasteiger partial charge in [0, 0.05) is 24.2 Å². The summed E-state index contributed by atoms with van der Waals surface area (Å²) in [5.74, 6) is 0.562. The number of hydrogen-bond acceptors (Lipinski definition) is 7. The topological polar surface area (TPSA) is 127 Å². The molecule has 1 aromatic carbocycles. The van der Waals surface area contributed by atoms with E-state index in [1.54, 1.807) is 24.3 Å². The van der Waals surface area contributed by atoms with E-state index in [4.69, 9.17) is 16.0 Å². The summed E-state index contributed by atoms with van der Waals surface area (Å²) in [6.45, 7) is 0.107. The molecule has 3 aromatic rings. The van der Waals surface area contributed by atoms with E-state index >= 15 is 0 Å². The number of rotatable bonds is 9. The van der Waals surface area contributed by atoms with E-state index in [1.165, 1.54) is 11.4 Å². The molecule has 9 nitrogen and oxygen atoms in total. The van der Waals surface area contributed by atoms with Gasteiger partial charge in [0.2, 0.25) is 15.7 Å². The Bertz CT molecular complexity index is 1600. The number of sulfonamides is 1. The maximum absolute atomic E-state index is 13.0. The molecular weight excluding hydrogens is 550 g/mol. The van der Waals surface area contributed by atoms with E-state index in [0.29, 0.717) is 53.0 Å². The van der Waals surface area contributed by atoms with Gasteiger partial charge in [0.15, 0.2) is 9.84 Å². The zero-order chi connectivity index (χ0) is 27.2. The zero-order valence-corrected chi connectivity index (χ0v) is 23.6. The minimum absolute atomic E-state index is 0.107. The van der Waals surface area contributed by atoms with Gasteiger partial charge in [-0.15, -0.1) is 0 Å². The summed E-state index contributed by atoms with van der Waals surface area (Å²) in [6.07, 6.45) is 4.94. The van der Waals surface area contributed by atoms with Crippen molar-refractivity contribution in [3.05, 3.63) is 46.5 Å². The van der Waals surface area contributed by atoms with Crippen LogP contribution < -0.4 is 9.62 Å². The van der Waals surface area contributed by atoms with Crippen molar-refractivity contribution in [1.29, 1.82) is 0 Å². The van der Waals surface area contributed by atoms with Crippen molar-refractivity contribution in [2.75, 3.05) is 29.9 Å². The fraction of sp³-hybridized carbons (Fsp3) is 0.462. The fourth-order valence-corrected chi connectivity index (χ4v) is 8.15. The molecule has 3 heterocycles. The average Bonchev–Trinajstić information content (AvgIpc) is 3.56. The second kappa shape index (κ2) is 10.2. The molecule has 1 saturated carbocycles. The second-order valence-corrected chi connectivity index (χ2v) is 14.8. The zero-order valence-electron chi connectivity index (χ0n) is 21.2. The van der Waals surface area contributed by atoms with E-state index in [-0.39, 0.29) is 35.7 Å². The third kappa shape index (κ3) is 5.28. The van der Waals surface area contributed by atoms with E-state index in [9.17, 15) is 21.6 Å². The minimum Gasteiger partial charge on any atom is -0.437 e. The number of hydrogen-bond donors (Lipinski definition) is 1. The number of anilines is 1. The first-order valence-corrected chi connectivity index (χ1v) is 16.6. The number of benzene rings is 1. The lowest BCUT2D eigenvalue weighted by atomic mass is 10.0. The monoisotopic (exact) mass is 579 g/mol. The second-order valence-electron chi connectivity index (χ2n) is 10.0. The number of nitrogens with zero attached hydrogens (tertiary/aromatic N) is 2. The highest BCUT2D eigenvalue weighted by Gasteiger charge is 2.35. The van der Waals surface area contributed by atoms with Crippen LogP contribution in [0.4, 0.5) is 5.82 Å². The van der Waals surface area contributed by atoms with Crippen molar-refractivity contribution in [1.82, 2.24) is 10.3 Å². The highest BCUT2D eigenvalue weighted by atomic mass is 35.5. The maximum atomic E-state index is 13.0. The van der Waals surface area contributed by atoms with Crippen LogP contribution in [0.1, 0.15) is 60.4 Å². The molecule has 0 bridgehead atoms. The van der Waals surface area contributed by atoms with Gasteiger partial charge in [0.25, 0.3) is 5.91 Å². The Kier molecular flexibility index (Phi) is 7.21. The largest absolute Gasteiger partial charge is 0.437 e. The predicted molar refractivity (Wildman–Crippen MR) is 148 cm³/mol. The molecule has 38 heavy (non-hydrogen) atoms. The highest BCUT2D eigenvalue weighted by molar-refractivity contribution is 7.92. The summed E-state index contributed by atoms with van der Waals surface area (Å²) in [5, 5.41) is 3.28. The average molecular weight is 580 g/mol. The van der Waals surface area contributed by atoms with Crippen LogP contribution in [0.15, 0.2) is 34.7 Å². The van der Waals surface area contributed by atoms with Crippen LogP contribution in [0.2, 0.25) is 5.02 Å². The Balaban J connectivity index is 1.59. The lowest BCUT2D eigenvalue weighted by molar-refractivity contribution is 0.0964. The number of pyridine rings is 1. The molecule has 0 spiro atoms. The van der Waals surface area contributed by atoms with Crippen molar-refractivity contribution < 1.29 is 26.0 Å². The first-order valence-electron chi connectivity index (χ1n) is 12.6. The Morgan fingerprint density at radius 3 is 2.50 bits per heavy atom. The maximum Gasteiger partial charge on any atom is 0.255 e. The van der Waals surface area contributed by atoms with Crippen LogP contribution in [-0.2, 0) is 19.9 Å².